The largest absolute Gasteiger partial charge is 0.384 e. The number of ether oxygens (including phenoxy) is 1. The predicted molar refractivity (Wildman–Crippen MR) is 76.7 cm³/mol. The molecule has 0 spiro atoms. The fourth-order valence-corrected chi connectivity index (χ4v) is 3.42. The quantitative estimate of drug-likeness (QED) is 0.808. The lowest BCUT2D eigenvalue weighted by Gasteiger charge is -2.44. The van der Waals surface area contributed by atoms with Crippen LogP contribution in [0.15, 0.2) is 0 Å². The fourth-order valence-electron chi connectivity index (χ4n) is 3.42. The van der Waals surface area contributed by atoms with Crippen LogP contribution in [0, 0.1) is 16.7 Å². The van der Waals surface area contributed by atoms with Gasteiger partial charge in [0.15, 0.2) is 0 Å². The van der Waals surface area contributed by atoms with E-state index in [-0.39, 0.29) is 0 Å². The van der Waals surface area contributed by atoms with Gasteiger partial charge in [-0.3, -0.25) is 0 Å². The molecular weight excluding hydrogens is 222 g/mol. The zero-order chi connectivity index (χ0) is 13.2. The summed E-state index contributed by atoms with van der Waals surface area (Å²) in [6, 6.07) is 0.819. The molecule has 2 aliphatic carbocycles. The number of methoxy groups -OCH3 is 1. The van der Waals surface area contributed by atoms with E-state index in [4.69, 9.17) is 4.74 Å². The van der Waals surface area contributed by atoms with Crippen LogP contribution in [0.5, 0.6) is 0 Å². The molecule has 0 bridgehead atoms. The molecule has 18 heavy (non-hydrogen) atoms. The van der Waals surface area contributed by atoms with Gasteiger partial charge in [-0.15, -0.1) is 0 Å². The smallest absolute Gasteiger partial charge is 0.0530 e. The molecule has 0 saturated heterocycles. The highest BCUT2D eigenvalue weighted by atomic mass is 16.5. The molecule has 2 rings (SSSR count). The minimum atomic E-state index is 0.416. The number of nitrogens with one attached hydrogen (secondary N) is 1. The Balaban J connectivity index is 1.87. The molecule has 0 atom stereocenters. The first-order chi connectivity index (χ1) is 8.45. The fraction of sp³-hybridized carbons (Fsp3) is 1.00. The molecule has 2 nitrogen and oxygen atoms in total. The van der Waals surface area contributed by atoms with Crippen molar-refractivity contribution in [2.75, 3.05) is 20.3 Å². The molecule has 0 amide bonds. The van der Waals surface area contributed by atoms with Crippen molar-refractivity contribution in [1.29, 1.82) is 0 Å². The van der Waals surface area contributed by atoms with Gasteiger partial charge < -0.3 is 10.1 Å². The molecule has 0 unspecified atom stereocenters. The Kier molecular flexibility index (Phi) is 4.38. The van der Waals surface area contributed by atoms with Crippen molar-refractivity contribution in [2.24, 2.45) is 16.7 Å². The van der Waals surface area contributed by atoms with E-state index in [0.29, 0.717) is 10.8 Å². The van der Waals surface area contributed by atoms with Gasteiger partial charge in [-0.25, -0.2) is 0 Å². The Bertz CT molecular complexity index is 257. The molecule has 0 radical (unpaired) electrons. The molecule has 0 aromatic carbocycles. The van der Waals surface area contributed by atoms with Gasteiger partial charge in [0.05, 0.1) is 6.61 Å². The average molecular weight is 253 g/mol. The first-order valence-electron chi connectivity index (χ1n) is 7.68. The SMILES string of the molecule is COCC1(CNC2CC2)CCC(C(C)(C)C)CC1. The van der Waals surface area contributed by atoms with Crippen molar-refractivity contribution in [3.05, 3.63) is 0 Å². The Morgan fingerprint density at radius 3 is 2.17 bits per heavy atom. The molecule has 2 fully saturated rings. The average Bonchev–Trinajstić information content (AvgIpc) is 3.10. The lowest BCUT2D eigenvalue weighted by Crippen LogP contribution is -2.43. The van der Waals surface area contributed by atoms with Crippen LogP contribution in [-0.4, -0.2) is 26.3 Å². The van der Waals surface area contributed by atoms with Crippen LogP contribution < -0.4 is 5.32 Å². The summed E-state index contributed by atoms with van der Waals surface area (Å²) in [5, 5.41) is 3.73. The number of hydrogen-bond donors (Lipinski definition) is 1. The second-order valence-electron chi connectivity index (χ2n) is 7.73. The molecule has 0 aromatic heterocycles. The maximum atomic E-state index is 5.52. The Labute approximate surface area is 113 Å². The normalized spacial score (nSPS) is 33.7. The van der Waals surface area contributed by atoms with Crippen molar-refractivity contribution in [3.63, 3.8) is 0 Å². The third kappa shape index (κ3) is 3.71. The summed E-state index contributed by atoms with van der Waals surface area (Å²) in [5.41, 5.74) is 0.891. The summed E-state index contributed by atoms with van der Waals surface area (Å²) >= 11 is 0. The van der Waals surface area contributed by atoms with Crippen molar-refractivity contribution in [2.45, 2.75) is 65.3 Å². The molecule has 2 aliphatic rings. The zero-order valence-electron chi connectivity index (χ0n) is 12.7. The summed E-state index contributed by atoms with van der Waals surface area (Å²) < 4.78 is 5.52. The van der Waals surface area contributed by atoms with E-state index in [0.717, 1.165) is 18.6 Å². The number of hydrogen-bond acceptors (Lipinski definition) is 2. The van der Waals surface area contributed by atoms with Crippen LogP contribution in [0.1, 0.15) is 59.3 Å². The summed E-state index contributed by atoms with van der Waals surface area (Å²) in [6.07, 6.45) is 8.19. The second kappa shape index (κ2) is 5.50. The van der Waals surface area contributed by atoms with Gasteiger partial charge in [0.25, 0.3) is 0 Å². The van der Waals surface area contributed by atoms with Crippen molar-refractivity contribution >= 4 is 0 Å². The van der Waals surface area contributed by atoms with Gasteiger partial charge >= 0.3 is 0 Å². The van der Waals surface area contributed by atoms with Crippen molar-refractivity contribution in [1.82, 2.24) is 5.32 Å². The van der Waals surface area contributed by atoms with Crippen LogP contribution in [0.4, 0.5) is 0 Å². The number of rotatable bonds is 5. The highest BCUT2D eigenvalue weighted by Crippen LogP contribution is 2.45. The predicted octanol–water partition coefficient (Wildman–Crippen LogP) is 3.61. The first-order valence-corrected chi connectivity index (χ1v) is 7.68. The van der Waals surface area contributed by atoms with Gasteiger partial charge in [-0.1, -0.05) is 20.8 Å². The van der Waals surface area contributed by atoms with Crippen LogP contribution in [0.2, 0.25) is 0 Å². The van der Waals surface area contributed by atoms with E-state index in [1.54, 1.807) is 0 Å². The minimum Gasteiger partial charge on any atom is -0.384 e. The van der Waals surface area contributed by atoms with Crippen molar-refractivity contribution < 1.29 is 4.74 Å². The maximum absolute atomic E-state index is 5.52. The lowest BCUT2D eigenvalue weighted by atomic mass is 9.64. The molecule has 106 valence electrons. The minimum absolute atomic E-state index is 0.416. The third-order valence-corrected chi connectivity index (χ3v) is 5.06. The Hall–Kier alpha value is -0.0800. The maximum Gasteiger partial charge on any atom is 0.0530 e. The molecule has 2 heteroatoms. The standard InChI is InChI=1S/C16H31NO/c1-15(2,3)13-7-9-16(10-8-13,12-18-4)11-17-14-5-6-14/h13-14,17H,5-12H2,1-4H3. The van der Waals surface area contributed by atoms with Crippen LogP contribution in [0.25, 0.3) is 0 Å². The van der Waals surface area contributed by atoms with Gasteiger partial charge in [0.2, 0.25) is 0 Å². The summed E-state index contributed by atoms with van der Waals surface area (Å²) in [7, 11) is 1.86. The Morgan fingerprint density at radius 1 is 1.11 bits per heavy atom. The molecule has 2 saturated carbocycles. The molecule has 0 heterocycles. The van der Waals surface area contributed by atoms with E-state index >= 15 is 0 Å². The van der Waals surface area contributed by atoms with Gasteiger partial charge in [-0.05, 0) is 49.9 Å². The lowest BCUT2D eigenvalue weighted by molar-refractivity contribution is 0.0164. The zero-order valence-corrected chi connectivity index (χ0v) is 12.7. The van der Waals surface area contributed by atoms with E-state index in [2.05, 4.69) is 26.1 Å². The van der Waals surface area contributed by atoms with Gasteiger partial charge in [0, 0.05) is 25.1 Å². The summed E-state index contributed by atoms with van der Waals surface area (Å²) in [6.45, 7) is 9.28. The van der Waals surface area contributed by atoms with E-state index < -0.39 is 0 Å². The van der Waals surface area contributed by atoms with Crippen molar-refractivity contribution in [3.8, 4) is 0 Å². The molecule has 0 aliphatic heterocycles. The van der Waals surface area contributed by atoms with E-state index in [1.807, 2.05) is 7.11 Å². The first kappa shape index (κ1) is 14.3. The molecule has 1 N–H and O–H groups in total. The topological polar surface area (TPSA) is 21.3 Å². The van der Waals surface area contributed by atoms with Gasteiger partial charge in [0.1, 0.15) is 0 Å². The van der Waals surface area contributed by atoms with Gasteiger partial charge in [-0.2, -0.15) is 0 Å². The summed E-state index contributed by atoms with van der Waals surface area (Å²) in [4.78, 5) is 0. The van der Waals surface area contributed by atoms with E-state index in [1.165, 1.54) is 45.1 Å². The van der Waals surface area contributed by atoms with E-state index in [9.17, 15) is 0 Å². The van der Waals surface area contributed by atoms with Crippen LogP contribution in [-0.2, 0) is 4.74 Å². The highest BCUT2D eigenvalue weighted by Gasteiger charge is 2.39. The third-order valence-electron chi connectivity index (χ3n) is 5.06. The summed E-state index contributed by atoms with van der Waals surface area (Å²) in [5.74, 6) is 0.892. The second-order valence-corrected chi connectivity index (χ2v) is 7.73. The molecule has 0 aromatic rings. The Morgan fingerprint density at radius 2 is 1.72 bits per heavy atom. The van der Waals surface area contributed by atoms with Crippen LogP contribution in [0.3, 0.4) is 0 Å². The highest BCUT2D eigenvalue weighted by molar-refractivity contribution is 4.92. The van der Waals surface area contributed by atoms with Crippen LogP contribution >= 0.6 is 0 Å². The monoisotopic (exact) mass is 253 g/mol. The molecular formula is C16H31NO.